The Balaban J connectivity index is 0. The van der Waals surface area contributed by atoms with Gasteiger partial charge in [-0.15, -0.1) is 11.6 Å². The van der Waals surface area contributed by atoms with Crippen molar-refractivity contribution in [2.75, 3.05) is 32.6 Å². The van der Waals surface area contributed by atoms with Gasteiger partial charge in [0.15, 0.2) is 0 Å². The summed E-state index contributed by atoms with van der Waals surface area (Å²) >= 11 is 6.12. The number of quaternary nitrogens is 1. The lowest BCUT2D eigenvalue weighted by atomic mass is 10.1. The summed E-state index contributed by atoms with van der Waals surface area (Å²) in [5, 5.41) is 0. The van der Waals surface area contributed by atoms with Crippen molar-refractivity contribution in [1.82, 2.24) is 0 Å². The van der Waals surface area contributed by atoms with E-state index in [0.29, 0.717) is 0 Å². The number of hydrogen-bond donors (Lipinski definition) is 0. The molecule has 0 saturated carbocycles. The van der Waals surface area contributed by atoms with E-state index in [-0.39, 0.29) is 24.0 Å². The van der Waals surface area contributed by atoms with Gasteiger partial charge in [-0.3, -0.25) is 0 Å². The van der Waals surface area contributed by atoms with Gasteiger partial charge in [-0.25, -0.2) is 0 Å². The fourth-order valence-electron chi connectivity index (χ4n) is 4.15. The van der Waals surface area contributed by atoms with Crippen LogP contribution in [0.5, 0.6) is 0 Å². The fourth-order valence-corrected chi connectivity index (χ4v) is 4.56. The second-order valence-electron chi connectivity index (χ2n) is 9.14. The summed E-state index contributed by atoms with van der Waals surface area (Å²) in [5.41, 5.74) is 0. The summed E-state index contributed by atoms with van der Waals surface area (Å²) in [6, 6.07) is 0. The fraction of sp³-hybridized carbons (Fsp3) is 1.00. The summed E-state index contributed by atoms with van der Waals surface area (Å²) in [5.74, 6) is 0.811. The van der Waals surface area contributed by atoms with Gasteiger partial charge in [-0.1, -0.05) is 104 Å². The molecule has 0 aliphatic heterocycles. The summed E-state index contributed by atoms with van der Waals surface area (Å²) in [6.45, 7) is 8.41. The number of unbranched alkanes of at least 4 members (excludes halogenated alkanes) is 16. The van der Waals surface area contributed by atoms with Gasteiger partial charge in [-0.05, 0) is 25.7 Å². The minimum atomic E-state index is 0. The SMILES string of the molecule is CCCCCCCCCCC[N+](C)(CCCl)CCCCCCCCCCC.[I-]. The molecular formula is C25H53ClIN. The largest absolute Gasteiger partial charge is 1.00 e. The van der Waals surface area contributed by atoms with E-state index in [9.17, 15) is 0 Å². The van der Waals surface area contributed by atoms with Gasteiger partial charge in [0.25, 0.3) is 0 Å². The van der Waals surface area contributed by atoms with Gasteiger partial charge in [0.1, 0.15) is 0 Å². The summed E-state index contributed by atoms with van der Waals surface area (Å²) in [4.78, 5) is 0. The van der Waals surface area contributed by atoms with Crippen molar-refractivity contribution in [3.63, 3.8) is 0 Å². The third-order valence-corrected chi connectivity index (χ3v) is 6.40. The molecule has 0 unspecified atom stereocenters. The Morgan fingerprint density at radius 3 is 1.04 bits per heavy atom. The van der Waals surface area contributed by atoms with Crippen LogP contribution in [-0.2, 0) is 0 Å². The highest BCUT2D eigenvalue weighted by atomic mass is 127. The Labute approximate surface area is 201 Å². The van der Waals surface area contributed by atoms with Crippen LogP contribution >= 0.6 is 11.6 Å². The average molecular weight is 530 g/mol. The zero-order valence-corrected chi connectivity index (χ0v) is 22.7. The van der Waals surface area contributed by atoms with Gasteiger partial charge in [-0.2, -0.15) is 0 Å². The highest BCUT2D eigenvalue weighted by Crippen LogP contribution is 2.15. The van der Waals surface area contributed by atoms with E-state index in [2.05, 4.69) is 20.9 Å². The molecule has 0 spiro atoms. The molecule has 0 aliphatic rings. The van der Waals surface area contributed by atoms with Crippen molar-refractivity contribution in [2.24, 2.45) is 0 Å². The molecule has 28 heavy (non-hydrogen) atoms. The predicted octanol–water partition coefficient (Wildman–Crippen LogP) is 5.74. The summed E-state index contributed by atoms with van der Waals surface area (Å²) < 4.78 is 1.20. The maximum atomic E-state index is 6.12. The number of nitrogens with zero attached hydrogens (tertiary/aromatic N) is 1. The van der Waals surface area contributed by atoms with Crippen LogP contribution in [0.1, 0.15) is 129 Å². The topological polar surface area (TPSA) is 0 Å². The van der Waals surface area contributed by atoms with E-state index in [1.54, 1.807) is 0 Å². The van der Waals surface area contributed by atoms with E-state index in [4.69, 9.17) is 11.6 Å². The van der Waals surface area contributed by atoms with Gasteiger partial charge in [0, 0.05) is 0 Å². The Kier molecular flexibility index (Phi) is 27.0. The quantitative estimate of drug-likeness (QED) is 0.0726. The van der Waals surface area contributed by atoms with Crippen molar-refractivity contribution < 1.29 is 28.5 Å². The zero-order valence-electron chi connectivity index (χ0n) is 19.8. The van der Waals surface area contributed by atoms with E-state index in [0.717, 1.165) is 12.4 Å². The molecule has 0 aromatic heterocycles. The smallest absolute Gasteiger partial charge is 0.0922 e. The summed E-state index contributed by atoms with van der Waals surface area (Å²) in [7, 11) is 2.44. The van der Waals surface area contributed by atoms with Crippen molar-refractivity contribution in [1.29, 1.82) is 0 Å². The van der Waals surface area contributed by atoms with Crippen LogP contribution in [0.4, 0.5) is 0 Å². The highest BCUT2D eigenvalue weighted by Gasteiger charge is 2.19. The standard InChI is InChI=1S/C25H53ClN.HI/c1-4-6-8-10-12-14-16-18-20-23-27(3,25-22-26)24-21-19-17-15-13-11-9-7-5-2;/h4-25H2,1-3H3;1H/q+1;/p-1. The third kappa shape index (κ3) is 21.7. The van der Waals surface area contributed by atoms with Gasteiger partial charge in [0.2, 0.25) is 0 Å². The second kappa shape index (κ2) is 24.3. The lowest BCUT2D eigenvalue weighted by Crippen LogP contribution is -3.00. The average Bonchev–Trinajstić information content (AvgIpc) is 2.66. The number of halogens is 2. The molecule has 172 valence electrons. The van der Waals surface area contributed by atoms with Crippen LogP contribution in [0, 0.1) is 0 Å². The first-order chi connectivity index (χ1) is 13.2. The third-order valence-electron chi connectivity index (χ3n) is 6.23. The minimum Gasteiger partial charge on any atom is -1.00 e. The zero-order chi connectivity index (χ0) is 20.1. The van der Waals surface area contributed by atoms with Crippen LogP contribution < -0.4 is 24.0 Å². The molecule has 0 rings (SSSR count). The van der Waals surface area contributed by atoms with Crippen LogP contribution in [0.25, 0.3) is 0 Å². The Hall–Kier alpha value is 0.980. The molecule has 0 aromatic rings. The molecule has 0 heterocycles. The van der Waals surface area contributed by atoms with E-state index >= 15 is 0 Å². The first-order valence-corrected chi connectivity index (χ1v) is 13.1. The van der Waals surface area contributed by atoms with Crippen LogP contribution in [0.2, 0.25) is 0 Å². The van der Waals surface area contributed by atoms with Crippen molar-refractivity contribution in [3.05, 3.63) is 0 Å². The molecule has 0 N–H and O–H groups in total. The Bertz CT molecular complexity index is 264. The lowest BCUT2D eigenvalue weighted by Gasteiger charge is -2.34. The van der Waals surface area contributed by atoms with Gasteiger partial charge < -0.3 is 28.5 Å². The molecule has 3 heteroatoms. The molecule has 1 nitrogen and oxygen atoms in total. The minimum absolute atomic E-state index is 0. The van der Waals surface area contributed by atoms with Crippen LogP contribution in [0.3, 0.4) is 0 Å². The normalized spacial score (nSPS) is 11.6. The molecular weight excluding hydrogens is 477 g/mol. The van der Waals surface area contributed by atoms with E-state index in [1.165, 1.54) is 133 Å². The maximum absolute atomic E-state index is 6.12. The molecule has 0 aromatic carbocycles. The van der Waals surface area contributed by atoms with Crippen molar-refractivity contribution >= 4 is 11.6 Å². The molecule has 0 radical (unpaired) electrons. The highest BCUT2D eigenvalue weighted by molar-refractivity contribution is 6.17. The van der Waals surface area contributed by atoms with E-state index in [1.807, 2.05) is 0 Å². The first-order valence-electron chi connectivity index (χ1n) is 12.6. The molecule has 0 atom stereocenters. The Morgan fingerprint density at radius 2 is 0.750 bits per heavy atom. The molecule has 0 aliphatic carbocycles. The van der Waals surface area contributed by atoms with Gasteiger partial charge in [0.05, 0.1) is 32.6 Å². The van der Waals surface area contributed by atoms with E-state index < -0.39 is 0 Å². The van der Waals surface area contributed by atoms with Crippen molar-refractivity contribution in [3.8, 4) is 0 Å². The Morgan fingerprint density at radius 1 is 0.464 bits per heavy atom. The monoisotopic (exact) mass is 529 g/mol. The number of rotatable bonds is 22. The number of hydrogen-bond acceptors (Lipinski definition) is 0. The van der Waals surface area contributed by atoms with Gasteiger partial charge >= 0.3 is 0 Å². The molecule has 0 fully saturated rings. The lowest BCUT2D eigenvalue weighted by molar-refractivity contribution is -0.907. The molecule has 0 saturated heterocycles. The summed E-state index contributed by atoms with van der Waals surface area (Å²) in [6.07, 6.45) is 25.6. The van der Waals surface area contributed by atoms with Crippen LogP contribution in [-0.4, -0.2) is 37.0 Å². The number of alkyl halides is 1. The molecule has 0 amide bonds. The molecule has 0 bridgehead atoms. The predicted molar refractivity (Wildman–Crippen MR) is 126 cm³/mol. The first kappa shape index (κ1) is 31.2. The van der Waals surface area contributed by atoms with Crippen LogP contribution in [0.15, 0.2) is 0 Å². The maximum Gasteiger partial charge on any atom is 0.0922 e. The van der Waals surface area contributed by atoms with Crippen molar-refractivity contribution in [2.45, 2.75) is 129 Å². The second-order valence-corrected chi connectivity index (χ2v) is 9.51.